The van der Waals surface area contributed by atoms with Gasteiger partial charge in [-0.15, -0.1) is 0 Å². The molecule has 0 unspecified atom stereocenters. The summed E-state index contributed by atoms with van der Waals surface area (Å²) in [6.07, 6.45) is -0.240. The number of alkyl halides is 1. The first-order chi connectivity index (χ1) is 11.9. The molecule has 1 heterocycles. The third-order valence-electron chi connectivity index (χ3n) is 4.07. The van der Waals surface area contributed by atoms with Crippen molar-refractivity contribution in [2.75, 3.05) is 11.4 Å². The van der Waals surface area contributed by atoms with Gasteiger partial charge in [0.1, 0.15) is 5.82 Å². The van der Waals surface area contributed by atoms with Gasteiger partial charge >= 0.3 is 0 Å². The molecule has 0 aliphatic carbocycles. The number of hydrogen-bond acceptors (Lipinski definition) is 2. The number of halogens is 3. The molecule has 0 bridgehead atoms. The van der Waals surface area contributed by atoms with E-state index in [2.05, 4.69) is 5.32 Å². The monoisotopic (exact) mass is 364 g/mol. The van der Waals surface area contributed by atoms with Gasteiger partial charge in [-0.05, 0) is 35.9 Å². The highest BCUT2D eigenvalue weighted by Gasteiger charge is 2.53. The predicted octanol–water partition coefficient (Wildman–Crippen LogP) is 3.24. The van der Waals surface area contributed by atoms with E-state index in [0.29, 0.717) is 11.3 Å². The van der Waals surface area contributed by atoms with Crippen molar-refractivity contribution in [3.8, 4) is 0 Å². The zero-order valence-corrected chi connectivity index (χ0v) is 13.9. The van der Waals surface area contributed by atoms with E-state index in [1.807, 2.05) is 0 Å². The Hall–Kier alpha value is -2.47. The van der Waals surface area contributed by atoms with Crippen LogP contribution in [0.4, 0.5) is 14.5 Å². The van der Waals surface area contributed by atoms with E-state index in [1.54, 1.807) is 30.3 Å². The van der Waals surface area contributed by atoms with Crippen LogP contribution in [-0.2, 0) is 16.1 Å². The van der Waals surface area contributed by atoms with Crippen LogP contribution in [0, 0.1) is 5.82 Å². The van der Waals surface area contributed by atoms with Crippen molar-refractivity contribution in [2.45, 2.75) is 18.6 Å². The van der Waals surface area contributed by atoms with Crippen LogP contribution in [0.1, 0.15) is 12.0 Å². The third kappa shape index (κ3) is 3.49. The second-order valence-electron chi connectivity index (χ2n) is 5.80. The minimum atomic E-state index is -2.63. The van der Waals surface area contributed by atoms with E-state index >= 15 is 0 Å². The molecule has 2 amide bonds. The molecular formula is C18H15ClF2N2O2. The fraction of sp³-hybridized carbons (Fsp3) is 0.222. The lowest BCUT2D eigenvalue weighted by molar-refractivity contribution is -0.142. The minimum Gasteiger partial charge on any atom is -0.349 e. The number of para-hydroxylation sites is 1. The molecule has 25 heavy (non-hydrogen) atoms. The van der Waals surface area contributed by atoms with Gasteiger partial charge in [0.2, 0.25) is 0 Å². The van der Waals surface area contributed by atoms with Crippen LogP contribution in [0.2, 0.25) is 5.02 Å². The minimum absolute atomic E-state index is 0.110. The van der Waals surface area contributed by atoms with E-state index in [-0.39, 0.29) is 24.5 Å². The normalized spacial score (nSPS) is 20.0. The van der Waals surface area contributed by atoms with Crippen molar-refractivity contribution >= 4 is 29.1 Å². The number of nitrogens with zero attached hydrogens (tertiary/aromatic N) is 1. The fourth-order valence-electron chi connectivity index (χ4n) is 2.79. The molecule has 1 atom stereocenters. The standard InChI is InChI=1S/C18H15ClF2N2O2/c19-13-8-12(9-14(20)10-13)11-22-16(24)18(21)6-7-23(17(18)25)15-4-2-1-3-5-15/h1-5,8-10H,6-7,11H2,(H,22,24)/t18-/m0/s1. The zero-order valence-electron chi connectivity index (χ0n) is 13.1. The summed E-state index contributed by atoms with van der Waals surface area (Å²) in [5.74, 6) is -2.48. The van der Waals surface area contributed by atoms with Gasteiger partial charge in [0.05, 0.1) is 0 Å². The number of hydrogen-bond donors (Lipinski definition) is 1. The Balaban J connectivity index is 1.70. The van der Waals surface area contributed by atoms with Gasteiger partial charge in [-0.25, -0.2) is 8.78 Å². The van der Waals surface area contributed by atoms with E-state index in [9.17, 15) is 18.4 Å². The number of carbonyl (C=O) groups is 2. The second-order valence-corrected chi connectivity index (χ2v) is 6.24. The average molecular weight is 365 g/mol. The first kappa shape index (κ1) is 17.4. The lowest BCUT2D eigenvalue weighted by Crippen LogP contribution is -2.49. The Bertz CT molecular complexity index is 796. The molecule has 2 aromatic rings. The maximum atomic E-state index is 15.0. The van der Waals surface area contributed by atoms with Gasteiger partial charge in [0, 0.05) is 30.2 Å². The van der Waals surface area contributed by atoms with Crippen LogP contribution in [-0.4, -0.2) is 24.0 Å². The topological polar surface area (TPSA) is 49.4 Å². The average Bonchev–Trinajstić information content (AvgIpc) is 2.89. The third-order valence-corrected chi connectivity index (χ3v) is 4.29. The first-order valence-corrected chi connectivity index (χ1v) is 8.07. The number of benzene rings is 2. The van der Waals surface area contributed by atoms with Crippen LogP contribution in [0.3, 0.4) is 0 Å². The molecule has 4 nitrogen and oxygen atoms in total. The lowest BCUT2D eigenvalue weighted by atomic mass is 10.0. The van der Waals surface area contributed by atoms with Gasteiger partial charge in [-0.1, -0.05) is 29.8 Å². The fourth-order valence-corrected chi connectivity index (χ4v) is 3.03. The lowest BCUT2D eigenvalue weighted by Gasteiger charge is -2.20. The summed E-state index contributed by atoms with van der Waals surface area (Å²) in [7, 11) is 0. The first-order valence-electron chi connectivity index (χ1n) is 7.69. The Morgan fingerprint density at radius 2 is 1.96 bits per heavy atom. The number of amides is 2. The summed E-state index contributed by atoms with van der Waals surface area (Å²) in [6.45, 7) is -0.0147. The molecular weight excluding hydrogens is 350 g/mol. The Kier molecular flexibility index (Phi) is 4.72. The number of carbonyl (C=O) groups excluding carboxylic acids is 2. The van der Waals surface area contributed by atoms with Gasteiger partial charge in [-0.3, -0.25) is 9.59 Å². The molecule has 3 rings (SSSR count). The molecule has 1 aliphatic heterocycles. The van der Waals surface area contributed by atoms with Crippen molar-refractivity contribution in [3.63, 3.8) is 0 Å². The Morgan fingerprint density at radius 1 is 1.24 bits per heavy atom. The van der Waals surface area contributed by atoms with Gasteiger partial charge in [-0.2, -0.15) is 0 Å². The molecule has 2 aromatic carbocycles. The molecule has 1 saturated heterocycles. The molecule has 1 aliphatic rings. The summed E-state index contributed by atoms with van der Waals surface area (Å²) in [6, 6.07) is 12.4. The molecule has 0 radical (unpaired) electrons. The molecule has 130 valence electrons. The maximum absolute atomic E-state index is 15.0. The number of rotatable bonds is 4. The largest absolute Gasteiger partial charge is 0.349 e. The van der Waals surface area contributed by atoms with Crippen LogP contribution in [0.15, 0.2) is 48.5 Å². The molecule has 1 fully saturated rings. The maximum Gasteiger partial charge on any atom is 0.274 e. The van der Waals surface area contributed by atoms with Gasteiger partial charge in [0.25, 0.3) is 17.5 Å². The molecule has 1 N–H and O–H groups in total. The van der Waals surface area contributed by atoms with E-state index in [1.165, 1.54) is 17.0 Å². The van der Waals surface area contributed by atoms with Crippen LogP contribution < -0.4 is 10.2 Å². The SMILES string of the molecule is O=C(NCc1cc(F)cc(Cl)c1)[C@@]1(F)CCN(c2ccccc2)C1=O. The summed E-state index contributed by atoms with van der Waals surface area (Å²) < 4.78 is 28.3. The summed E-state index contributed by atoms with van der Waals surface area (Å²) in [5, 5.41) is 2.52. The van der Waals surface area contributed by atoms with Crippen molar-refractivity contribution < 1.29 is 18.4 Å². The molecule has 7 heteroatoms. The molecule has 0 aromatic heterocycles. The smallest absolute Gasteiger partial charge is 0.274 e. The summed E-state index contributed by atoms with van der Waals surface area (Å²) in [4.78, 5) is 25.9. The molecule has 0 spiro atoms. The van der Waals surface area contributed by atoms with Gasteiger partial charge in [0.15, 0.2) is 0 Å². The second kappa shape index (κ2) is 6.80. The predicted molar refractivity (Wildman–Crippen MR) is 90.5 cm³/mol. The number of anilines is 1. The quantitative estimate of drug-likeness (QED) is 0.847. The molecule has 0 saturated carbocycles. The Morgan fingerprint density at radius 3 is 2.64 bits per heavy atom. The van der Waals surface area contributed by atoms with Crippen LogP contribution in [0.25, 0.3) is 0 Å². The highest BCUT2D eigenvalue weighted by atomic mass is 35.5. The zero-order chi connectivity index (χ0) is 18.0. The van der Waals surface area contributed by atoms with Crippen molar-refractivity contribution in [1.82, 2.24) is 5.32 Å². The van der Waals surface area contributed by atoms with Crippen molar-refractivity contribution in [3.05, 3.63) is 64.9 Å². The van der Waals surface area contributed by atoms with Crippen LogP contribution in [0.5, 0.6) is 0 Å². The van der Waals surface area contributed by atoms with Crippen molar-refractivity contribution in [1.29, 1.82) is 0 Å². The Labute approximate surface area is 148 Å². The van der Waals surface area contributed by atoms with E-state index in [4.69, 9.17) is 11.6 Å². The van der Waals surface area contributed by atoms with Crippen LogP contribution >= 0.6 is 11.6 Å². The van der Waals surface area contributed by atoms with Gasteiger partial charge < -0.3 is 10.2 Å². The highest BCUT2D eigenvalue weighted by Crippen LogP contribution is 2.31. The van der Waals surface area contributed by atoms with Crippen molar-refractivity contribution in [2.24, 2.45) is 0 Å². The van der Waals surface area contributed by atoms with E-state index in [0.717, 1.165) is 6.07 Å². The summed E-state index contributed by atoms with van der Waals surface area (Å²) in [5.41, 5.74) is -1.71. The number of nitrogens with one attached hydrogen (secondary N) is 1. The highest BCUT2D eigenvalue weighted by molar-refractivity contribution is 6.30. The summed E-state index contributed by atoms with van der Waals surface area (Å²) >= 11 is 5.74. The van der Waals surface area contributed by atoms with E-state index < -0.39 is 23.3 Å².